The molecule has 4 rings (SSSR count). The van der Waals surface area contributed by atoms with E-state index in [4.69, 9.17) is 8.94 Å². The molecule has 154 valence electrons. The van der Waals surface area contributed by atoms with E-state index >= 15 is 0 Å². The van der Waals surface area contributed by atoms with E-state index in [1.165, 1.54) is 23.7 Å². The van der Waals surface area contributed by atoms with Gasteiger partial charge in [-0.15, -0.1) is 11.3 Å². The largest absolute Gasteiger partial charge is 0.461 e. The van der Waals surface area contributed by atoms with Gasteiger partial charge in [0.15, 0.2) is 11.5 Å². The van der Waals surface area contributed by atoms with Gasteiger partial charge >= 0.3 is 0 Å². The standard InChI is InChI=1S/C19H21N3O5S2/c23-19(15-13-17(27-21-15)16-6-3-11-26-16)20-9-8-14-5-1-2-10-22(14)29(24,25)18-7-4-12-28-18/h3-4,6-7,11-14H,1-2,5,8-10H2,(H,20,23)/t14-/m1/s1. The van der Waals surface area contributed by atoms with Gasteiger partial charge < -0.3 is 14.3 Å². The number of rotatable bonds is 7. The summed E-state index contributed by atoms with van der Waals surface area (Å²) in [5.74, 6) is 0.504. The molecule has 3 aromatic rings. The zero-order valence-electron chi connectivity index (χ0n) is 15.6. The molecule has 1 amide bonds. The summed E-state index contributed by atoms with van der Waals surface area (Å²) in [7, 11) is -3.49. The van der Waals surface area contributed by atoms with Gasteiger partial charge in [-0.05, 0) is 42.8 Å². The maximum atomic E-state index is 12.9. The second-order valence-electron chi connectivity index (χ2n) is 6.80. The molecule has 1 aliphatic rings. The van der Waals surface area contributed by atoms with Crippen molar-refractivity contribution in [3.63, 3.8) is 0 Å². The molecule has 0 spiro atoms. The molecule has 1 saturated heterocycles. The highest BCUT2D eigenvalue weighted by Crippen LogP contribution is 2.29. The molecule has 0 aromatic carbocycles. The fraction of sp³-hybridized carbons (Fsp3) is 0.368. The summed E-state index contributed by atoms with van der Waals surface area (Å²) in [5.41, 5.74) is 0.156. The SMILES string of the molecule is O=C(NCC[C@H]1CCCCN1S(=O)(=O)c1cccs1)c1cc(-c2ccco2)on1. The Hall–Kier alpha value is -2.43. The third-order valence-corrected chi connectivity index (χ3v) is 8.23. The van der Waals surface area contributed by atoms with Gasteiger partial charge in [0.1, 0.15) is 4.21 Å². The van der Waals surface area contributed by atoms with Crippen LogP contribution in [0.2, 0.25) is 0 Å². The molecule has 1 N–H and O–H groups in total. The third-order valence-electron chi connectivity index (χ3n) is 4.90. The Morgan fingerprint density at radius 2 is 2.17 bits per heavy atom. The van der Waals surface area contributed by atoms with Crippen LogP contribution >= 0.6 is 11.3 Å². The Labute approximate surface area is 172 Å². The van der Waals surface area contributed by atoms with Crippen molar-refractivity contribution in [2.75, 3.05) is 13.1 Å². The van der Waals surface area contributed by atoms with E-state index in [9.17, 15) is 13.2 Å². The number of thiophene rings is 1. The van der Waals surface area contributed by atoms with Crippen LogP contribution in [-0.2, 0) is 10.0 Å². The van der Waals surface area contributed by atoms with Gasteiger partial charge in [0.05, 0.1) is 6.26 Å². The summed E-state index contributed by atoms with van der Waals surface area (Å²) < 4.78 is 38.1. The molecule has 0 unspecified atom stereocenters. The summed E-state index contributed by atoms with van der Waals surface area (Å²) in [6.45, 7) is 0.859. The van der Waals surface area contributed by atoms with Gasteiger partial charge in [0.25, 0.3) is 15.9 Å². The second kappa shape index (κ2) is 8.52. The highest BCUT2D eigenvalue weighted by atomic mass is 32.2. The molecule has 0 saturated carbocycles. The lowest BCUT2D eigenvalue weighted by molar-refractivity contribution is 0.0940. The minimum absolute atomic E-state index is 0.132. The van der Waals surface area contributed by atoms with E-state index in [-0.39, 0.29) is 17.6 Å². The number of nitrogens with one attached hydrogen (secondary N) is 1. The first-order chi connectivity index (χ1) is 14.1. The normalized spacial score (nSPS) is 18.0. The minimum Gasteiger partial charge on any atom is -0.461 e. The first kappa shape index (κ1) is 19.9. The van der Waals surface area contributed by atoms with Crippen molar-refractivity contribution >= 4 is 27.3 Å². The van der Waals surface area contributed by atoms with Gasteiger partial charge in [-0.1, -0.05) is 17.6 Å². The smallest absolute Gasteiger partial charge is 0.273 e. The van der Waals surface area contributed by atoms with Crippen LogP contribution in [0.4, 0.5) is 0 Å². The lowest BCUT2D eigenvalue weighted by Gasteiger charge is -2.34. The van der Waals surface area contributed by atoms with Crippen LogP contribution in [0.15, 0.2) is 55.1 Å². The molecule has 3 aromatic heterocycles. The number of sulfonamides is 1. The first-order valence-electron chi connectivity index (χ1n) is 9.40. The Morgan fingerprint density at radius 1 is 1.28 bits per heavy atom. The fourth-order valence-electron chi connectivity index (χ4n) is 3.46. The molecule has 4 heterocycles. The Balaban J connectivity index is 1.36. The number of furan rings is 1. The molecule has 10 heteroatoms. The van der Waals surface area contributed by atoms with Gasteiger partial charge in [0, 0.05) is 25.2 Å². The van der Waals surface area contributed by atoms with Crippen LogP contribution in [0.3, 0.4) is 0 Å². The van der Waals surface area contributed by atoms with Gasteiger partial charge in [-0.25, -0.2) is 8.42 Å². The number of hydrogen-bond acceptors (Lipinski definition) is 7. The van der Waals surface area contributed by atoms with Crippen molar-refractivity contribution in [2.45, 2.75) is 35.9 Å². The Kier molecular flexibility index (Phi) is 5.84. The van der Waals surface area contributed by atoms with E-state index < -0.39 is 10.0 Å². The number of aromatic nitrogens is 1. The number of amides is 1. The molecule has 0 aliphatic carbocycles. The summed E-state index contributed by atoms with van der Waals surface area (Å²) in [6, 6.07) is 8.20. The lowest BCUT2D eigenvalue weighted by Crippen LogP contribution is -2.44. The summed E-state index contributed by atoms with van der Waals surface area (Å²) in [4.78, 5) is 12.3. The van der Waals surface area contributed by atoms with Crippen LogP contribution in [-0.4, -0.2) is 42.9 Å². The lowest BCUT2D eigenvalue weighted by atomic mass is 10.0. The molecule has 1 fully saturated rings. The van der Waals surface area contributed by atoms with Crippen molar-refractivity contribution in [3.8, 4) is 11.5 Å². The second-order valence-corrected chi connectivity index (χ2v) is 9.86. The Bertz CT molecular complexity index is 1040. The molecule has 0 radical (unpaired) electrons. The van der Waals surface area contributed by atoms with Crippen LogP contribution < -0.4 is 5.32 Å². The number of carbonyl (C=O) groups is 1. The monoisotopic (exact) mass is 435 g/mol. The topological polar surface area (TPSA) is 106 Å². The summed E-state index contributed by atoms with van der Waals surface area (Å²) in [6.07, 6.45) is 4.66. The van der Waals surface area contributed by atoms with E-state index in [2.05, 4.69) is 10.5 Å². The van der Waals surface area contributed by atoms with Crippen molar-refractivity contribution in [1.82, 2.24) is 14.8 Å². The summed E-state index contributed by atoms with van der Waals surface area (Å²) >= 11 is 1.23. The van der Waals surface area contributed by atoms with Gasteiger partial charge in [-0.2, -0.15) is 4.31 Å². The van der Waals surface area contributed by atoms with Crippen molar-refractivity contribution in [3.05, 3.63) is 47.7 Å². The van der Waals surface area contributed by atoms with E-state index in [0.717, 1.165) is 19.3 Å². The quantitative estimate of drug-likeness (QED) is 0.610. The van der Waals surface area contributed by atoms with Gasteiger partial charge in [-0.3, -0.25) is 4.79 Å². The molecule has 1 atom stereocenters. The highest BCUT2D eigenvalue weighted by Gasteiger charge is 2.33. The zero-order chi connectivity index (χ0) is 20.3. The minimum atomic E-state index is -3.49. The van der Waals surface area contributed by atoms with E-state index in [0.29, 0.717) is 35.2 Å². The number of hydrogen-bond donors (Lipinski definition) is 1. The molecule has 8 nitrogen and oxygen atoms in total. The molecule has 1 aliphatic heterocycles. The average Bonchev–Trinajstić information content (AvgIpc) is 3.50. The average molecular weight is 436 g/mol. The molecule has 29 heavy (non-hydrogen) atoms. The van der Waals surface area contributed by atoms with Gasteiger partial charge in [0.2, 0.25) is 5.76 Å². The van der Waals surface area contributed by atoms with Crippen molar-refractivity contribution < 1.29 is 22.2 Å². The van der Waals surface area contributed by atoms with E-state index in [1.807, 2.05) is 0 Å². The molecular weight excluding hydrogens is 414 g/mol. The first-order valence-corrected chi connectivity index (χ1v) is 11.7. The van der Waals surface area contributed by atoms with Crippen molar-refractivity contribution in [1.29, 1.82) is 0 Å². The fourth-order valence-corrected chi connectivity index (χ4v) is 6.31. The third kappa shape index (κ3) is 4.29. The van der Waals surface area contributed by atoms with Crippen molar-refractivity contribution in [2.24, 2.45) is 0 Å². The maximum Gasteiger partial charge on any atom is 0.273 e. The maximum absolute atomic E-state index is 12.9. The van der Waals surface area contributed by atoms with Crippen LogP contribution in [0.25, 0.3) is 11.5 Å². The summed E-state index contributed by atoms with van der Waals surface area (Å²) in [5, 5.41) is 8.34. The zero-order valence-corrected chi connectivity index (χ0v) is 17.2. The number of nitrogens with zero attached hydrogens (tertiary/aromatic N) is 2. The predicted molar refractivity (Wildman–Crippen MR) is 107 cm³/mol. The van der Waals surface area contributed by atoms with E-state index in [1.54, 1.807) is 34.0 Å². The van der Waals surface area contributed by atoms with Crippen LogP contribution in [0.5, 0.6) is 0 Å². The molecular formula is C19H21N3O5S2. The highest BCUT2D eigenvalue weighted by molar-refractivity contribution is 7.91. The predicted octanol–water partition coefficient (Wildman–Crippen LogP) is 3.36. The number of piperidine rings is 1. The Morgan fingerprint density at radius 3 is 2.93 bits per heavy atom. The van der Waals surface area contributed by atoms with Crippen LogP contribution in [0, 0.1) is 0 Å². The van der Waals surface area contributed by atoms with Crippen LogP contribution in [0.1, 0.15) is 36.2 Å². The number of carbonyl (C=O) groups excluding carboxylic acids is 1. The molecule has 0 bridgehead atoms.